The predicted octanol–water partition coefficient (Wildman–Crippen LogP) is 2.08. The van der Waals surface area contributed by atoms with E-state index in [-0.39, 0.29) is 18.8 Å². The smallest absolute Gasteiger partial charge is 0.387 e. The number of benzene rings is 1. The molecule has 0 aliphatic heterocycles. The van der Waals surface area contributed by atoms with Gasteiger partial charge in [0.2, 0.25) is 0 Å². The number of rotatable bonds is 7. The lowest BCUT2D eigenvalue weighted by Crippen LogP contribution is -2.47. The fourth-order valence-electron chi connectivity index (χ4n) is 1.88. The molecule has 25 heavy (non-hydrogen) atoms. The van der Waals surface area contributed by atoms with Gasteiger partial charge >= 0.3 is 6.61 Å². The standard InChI is InChI=1S/C16H25F2N3O3S/c1-11-6-7-13(24-14(17)18)12(8-11)9-20-15(19-4)21-10-16(2,3)25(5,22)23/h6-8,14H,9-10H2,1-5H3,(H2,19,20,21). The first-order valence-corrected chi connectivity index (χ1v) is 9.54. The van der Waals surface area contributed by atoms with Crippen molar-refractivity contribution in [3.63, 3.8) is 0 Å². The molecule has 6 nitrogen and oxygen atoms in total. The van der Waals surface area contributed by atoms with Crippen LogP contribution in [-0.2, 0) is 16.4 Å². The number of nitrogens with one attached hydrogen (secondary N) is 2. The summed E-state index contributed by atoms with van der Waals surface area (Å²) in [5, 5.41) is 5.90. The van der Waals surface area contributed by atoms with Crippen LogP contribution in [0.2, 0.25) is 0 Å². The van der Waals surface area contributed by atoms with Crippen molar-refractivity contribution in [1.82, 2.24) is 10.6 Å². The molecule has 0 atom stereocenters. The zero-order valence-electron chi connectivity index (χ0n) is 15.1. The predicted molar refractivity (Wildman–Crippen MR) is 94.9 cm³/mol. The summed E-state index contributed by atoms with van der Waals surface area (Å²) < 4.78 is 52.0. The van der Waals surface area contributed by atoms with Gasteiger partial charge in [0.05, 0.1) is 4.75 Å². The summed E-state index contributed by atoms with van der Waals surface area (Å²) in [7, 11) is -1.71. The number of aryl methyl sites for hydroxylation is 1. The summed E-state index contributed by atoms with van der Waals surface area (Å²) in [5.74, 6) is 0.446. The Morgan fingerprint density at radius 2 is 1.96 bits per heavy atom. The average molecular weight is 377 g/mol. The van der Waals surface area contributed by atoms with Crippen molar-refractivity contribution >= 4 is 15.8 Å². The molecular weight excluding hydrogens is 352 g/mol. The van der Waals surface area contributed by atoms with Gasteiger partial charge in [-0.25, -0.2) is 8.42 Å². The second kappa shape index (κ2) is 8.46. The Balaban J connectivity index is 2.77. The summed E-state index contributed by atoms with van der Waals surface area (Å²) >= 11 is 0. The fourth-order valence-corrected chi connectivity index (χ4v) is 2.22. The molecule has 142 valence electrons. The van der Waals surface area contributed by atoms with Crippen LogP contribution >= 0.6 is 0 Å². The summed E-state index contributed by atoms with van der Waals surface area (Å²) in [6.07, 6.45) is 1.17. The first-order valence-electron chi connectivity index (χ1n) is 7.65. The van der Waals surface area contributed by atoms with Gasteiger partial charge in [-0.1, -0.05) is 17.7 Å². The van der Waals surface area contributed by atoms with Crippen LogP contribution in [0.3, 0.4) is 0 Å². The van der Waals surface area contributed by atoms with Crippen LogP contribution in [0, 0.1) is 6.92 Å². The van der Waals surface area contributed by atoms with E-state index in [1.54, 1.807) is 26.0 Å². The van der Waals surface area contributed by atoms with Crippen molar-refractivity contribution < 1.29 is 21.9 Å². The van der Waals surface area contributed by atoms with Gasteiger partial charge in [-0.15, -0.1) is 0 Å². The highest BCUT2D eigenvalue weighted by Gasteiger charge is 2.30. The highest BCUT2D eigenvalue weighted by molar-refractivity contribution is 7.92. The van der Waals surface area contributed by atoms with Gasteiger partial charge in [0.15, 0.2) is 15.8 Å². The minimum Gasteiger partial charge on any atom is -0.434 e. The maximum atomic E-state index is 12.5. The topological polar surface area (TPSA) is 79.8 Å². The van der Waals surface area contributed by atoms with Crippen molar-refractivity contribution in [2.45, 2.75) is 38.7 Å². The Morgan fingerprint density at radius 1 is 1.32 bits per heavy atom. The molecule has 0 bridgehead atoms. The quantitative estimate of drug-likeness (QED) is 0.562. The second-order valence-corrected chi connectivity index (χ2v) is 8.95. The molecule has 0 saturated heterocycles. The van der Waals surface area contributed by atoms with Crippen molar-refractivity contribution in [2.24, 2.45) is 4.99 Å². The third-order valence-corrected chi connectivity index (χ3v) is 5.94. The summed E-state index contributed by atoms with van der Waals surface area (Å²) in [5.41, 5.74) is 1.45. The molecule has 0 spiro atoms. The minimum atomic E-state index is -3.25. The molecule has 0 aromatic heterocycles. The maximum Gasteiger partial charge on any atom is 0.387 e. The molecule has 0 heterocycles. The SMILES string of the molecule is CN=C(NCc1cc(C)ccc1OC(F)F)NCC(C)(C)S(C)(=O)=O. The number of ether oxygens (including phenoxy) is 1. The number of nitrogens with zero attached hydrogens (tertiary/aromatic N) is 1. The van der Waals surface area contributed by atoms with E-state index >= 15 is 0 Å². The first kappa shape index (κ1) is 21.1. The summed E-state index contributed by atoms with van der Waals surface area (Å²) in [4.78, 5) is 4.01. The number of alkyl halides is 2. The number of halogens is 2. The molecule has 1 aromatic rings. The van der Waals surface area contributed by atoms with Gasteiger partial charge in [0, 0.05) is 32.0 Å². The average Bonchev–Trinajstić information content (AvgIpc) is 2.48. The molecular formula is C16H25F2N3O3S. The molecule has 0 aliphatic carbocycles. The lowest BCUT2D eigenvalue weighted by Gasteiger charge is -2.24. The third kappa shape index (κ3) is 6.49. The highest BCUT2D eigenvalue weighted by Crippen LogP contribution is 2.22. The largest absolute Gasteiger partial charge is 0.434 e. The summed E-state index contributed by atoms with van der Waals surface area (Å²) in [6, 6.07) is 4.91. The van der Waals surface area contributed by atoms with Gasteiger partial charge in [0.1, 0.15) is 5.75 Å². The number of guanidine groups is 1. The second-order valence-electron chi connectivity index (χ2n) is 6.30. The fraction of sp³-hybridized carbons (Fsp3) is 0.562. The van der Waals surface area contributed by atoms with Gasteiger partial charge in [-0.05, 0) is 26.8 Å². The molecule has 0 saturated carbocycles. The zero-order chi connectivity index (χ0) is 19.3. The van der Waals surface area contributed by atoms with Crippen LogP contribution in [0.1, 0.15) is 25.0 Å². The van der Waals surface area contributed by atoms with Crippen LogP contribution in [0.15, 0.2) is 23.2 Å². The van der Waals surface area contributed by atoms with Gasteiger partial charge in [0.25, 0.3) is 0 Å². The van der Waals surface area contributed by atoms with Crippen LogP contribution < -0.4 is 15.4 Å². The molecule has 0 fully saturated rings. The number of hydrogen-bond acceptors (Lipinski definition) is 4. The van der Waals surface area contributed by atoms with E-state index in [4.69, 9.17) is 0 Å². The zero-order valence-corrected chi connectivity index (χ0v) is 15.9. The highest BCUT2D eigenvalue weighted by atomic mass is 32.2. The van der Waals surface area contributed by atoms with Gasteiger partial charge < -0.3 is 15.4 Å². The molecule has 1 rings (SSSR count). The number of sulfone groups is 1. The van der Waals surface area contributed by atoms with Crippen LogP contribution in [0.5, 0.6) is 5.75 Å². The van der Waals surface area contributed by atoms with Gasteiger partial charge in [-0.2, -0.15) is 8.78 Å². The minimum absolute atomic E-state index is 0.0834. The van der Waals surface area contributed by atoms with E-state index in [0.29, 0.717) is 11.5 Å². The lowest BCUT2D eigenvalue weighted by atomic mass is 10.1. The van der Waals surface area contributed by atoms with E-state index in [2.05, 4.69) is 20.4 Å². The van der Waals surface area contributed by atoms with E-state index < -0.39 is 21.2 Å². The first-order chi connectivity index (χ1) is 11.5. The molecule has 1 aromatic carbocycles. The van der Waals surface area contributed by atoms with Crippen molar-refractivity contribution in [2.75, 3.05) is 19.8 Å². The Bertz CT molecular complexity index is 719. The van der Waals surface area contributed by atoms with Crippen molar-refractivity contribution in [1.29, 1.82) is 0 Å². The van der Waals surface area contributed by atoms with Crippen molar-refractivity contribution in [3.8, 4) is 5.75 Å². The molecule has 0 amide bonds. The Hall–Kier alpha value is -1.90. The normalized spacial score (nSPS) is 13.0. The molecule has 0 radical (unpaired) electrons. The van der Waals surface area contributed by atoms with Crippen LogP contribution in [0.25, 0.3) is 0 Å². The molecule has 2 N–H and O–H groups in total. The van der Waals surface area contributed by atoms with E-state index in [1.165, 1.54) is 19.4 Å². The van der Waals surface area contributed by atoms with E-state index in [1.807, 2.05) is 6.92 Å². The van der Waals surface area contributed by atoms with Crippen LogP contribution in [0.4, 0.5) is 8.78 Å². The monoisotopic (exact) mass is 377 g/mol. The number of hydrogen-bond donors (Lipinski definition) is 2. The Kier molecular flexibility index (Phi) is 7.16. The number of aliphatic imine (C=N–C) groups is 1. The molecule has 9 heteroatoms. The van der Waals surface area contributed by atoms with E-state index in [9.17, 15) is 17.2 Å². The van der Waals surface area contributed by atoms with Gasteiger partial charge in [-0.3, -0.25) is 4.99 Å². The summed E-state index contributed by atoms with van der Waals surface area (Å²) in [6.45, 7) is 2.50. The van der Waals surface area contributed by atoms with Crippen molar-refractivity contribution in [3.05, 3.63) is 29.3 Å². The molecule has 0 unspecified atom stereocenters. The lowest BCUT2D eigenvalue weighted by molar-refractivity contribution is -0.0504. The van der Waals surface area contributed by atoms with Crippen LogP contribution in [-0.4, -0.2) is 45.6 Å². The Labute approximate surface area is 147 Å². The van der Waals surface area contributed by atoms with E-state index in [0.717, 1.165) is 5.56 Å². The Morgan fingerprint density at radius 3 is 2.48 bits per heavy atom. The maximum absolute atomic E-state index is 12.5. The molecule has 0 aliphatic rings. The third-order valence-electron chi connectivity index (χ3n) is 3.79.